The number of aromatic nitrogens is 1. The Morgan fingerprint density at radius 1 is 1.17 bits per heavy atom. The zero-order chi connectivity index (χ0) is 15.8. The van der Waals surface area contributed by atoms with E-state index in [1.165, 1.54) is 6.07 Å². The van der Waals surface area contributed by atoms with Crippen LogP contribution in [0.5, 0.6) is 5.75 Å². The number of rotatable bonds is 3. The summed E-state index contributed by atoms with van der Waals surface area (Å²) in [5.41, 5.74) is 0.924. The van der Waals surface area contributed by atoms with E-state index in [0.717, 1.165) is 5.56 Å². The lowest BCUT2D eigenvalue weighted by Gasteiger charge is -2.30. The highest BCUT2D eigenvalue weighted by Crippen LogP contribution is 2.29. The van der Waals surface area contributed by atoms with Crippen molar-refractivity contribution in [2.75, 3.05) is 13.2 Å². The highest BCUT2D eigenvalue weighted by molar-refractivity contribution is 5.96. The lowest BCUT2D eigenvalue weighted by molar-refractivity contribution is 0.0883. The number of amides is 1. The van der Waals surface area contributed by atoms with Gasteiger partial charge in [-0.3, -0.25) is 9.59 Å². The first-order chi connectivity index (χ1) is 11.2. The summed E-state index contributed by atoms with van der Waals surface area (Å²) in [5.74, 6) is -0.197. The van der Waals surface area contributed by atoms with Gasteiger partial charge in [0.15, 0.2) is 11.4 Å². The van der Waals surface area contributed by atoms with Gasteiger partial charge in [0.05, 0.1) is 25.3 Å². The summed E-state index contributed by atoms with van der Waals surface area (Å²) < 4.78 is 13.0. The minimum Gasteiger partial charge on any atom is -0.483 e. The van der Waals surface area contributed by atoms with Gasteiger partial charge in [-0.25, -0.2) is 0 Å². The topological polar surface area (TPSA) is 69.6 Å². The van der Waals surface area contributed by atoms with E-state index in [2.05, 4.69) is 5.32 Å². The molecule has 2 aliphatic rings. The van der Waals surface area contributed by atoms with E-state index < -0.39 is 0 Å². The molecule has 2 atom stereocenters. The number of ether oxygens (including phenoxy) is 2. The van der Waals surface area contributed by atoms with Crippen LogP contribution in [0.15, 0.2) is 47.4 Å². The van der Waals surface area contributed by atoms with Gasteiger partial charge in [-0.2, -0.15) is 0 Å². The largest absolute Gasteiger partial charge is 0.483 e. The molecule has 0 spiro atoms. The summed E-state index contributed by atoms with van der Waals surface area (Å²) in [5, 5.41) is 2.90. The Kier molecular flexibility index (Phi) is 3.38. The maximum absolute atomic E-state index is 12.4. The number of benzene rings is 1. The van der Waals surface area contributed by atoms with E-state index in [1.54, 1.807) is 10.8 Å². The lowest BCUT2D eigenvalue weighted by Crippen LogP contribution is -2.48. The van der Waals surface area contributed by atoms with Crippen molar-refractivity contribution in [2.24, 2.45) is 0 Å². The van der Waals surface area contributed by atoms with E-state index in [4.69, 9.17) is 9.47 Å². The lowest BCUT2D eigenvalue weighted by atomic mass is 10.1. The number of carbonyl (C=O) groups excluding carboxylic acids is 1. The summed E-state index contributed by atoms with van der Waals surface area (Å²) in [6.45, 7) is 1.24. The molecule has 0 aliphatic carbocycles. The number of hydrogen-bond donors (Lipinski definition) is 1. The SMILES string of the molecule is O=C1N[C@H]2COCC2n2ccc(=O)c(OCc3ccccc3)c21. The van der Waals surface area contributed by atoms with Crippen molar-refractivity contribution >= 4 is 5.91 Å². The molecule has 3 heterocycles. The molecule has 118 valence electrons. The van der Waals surface area contributed by atoms with Crippen LogP contribution >= 0.6 is 0 Å². The molecule has 1 amide bonds. The Morgan fingerprint density at radius 3 is 2.83 bits per heavy atom. The number of hydrogen-bond acceptors (Lipinski definition) is 4. The number of carbonyl (C=O) groups is 1. The standard InChI is InChI=1S/C17H16N2O4/c20-14-6-7-19-13-10-22-9-12(13)18-17(21)15(19)16(14)23-8-11-4-2-1-3-5-11/h1-7,12-13H,8-10H2,(H,18,21)/t12-,13?/m0/s1. The number of nitrogens with zero attached hydrogens (tertiary/aromatic N) is 1. The van der Waals surface area contributed by atoms with Crippen molar-refractivity contribution in [2.45, 2.75) is 18.7 Å². The number of fused-ring (bicyclic) bond motifs is 3. The van der Waals surface area contributed by atoms with Crippen molar-refractivity contribution in [1.82, 2.24) is 9.88 Å². The quantitative estimate of drug-likeness (QED) is 0.922. The maximum Gasteiger partial charge on any atom is 0.272 e. The van der Waals surface area contributed by atoms with Gasteiger partial charge in [0, 0.05) is 12.3 Å². The molecule has 2 aromatic rings. The second-order valence-corrected chi connectivity index (χ2v) is 5.72. The number of pyridine rings is 1. The van der Waals surface area contributed by atoms with Crippen LogP contribution in [0.4, 0.5) is 0 Å². The van der Waals surface area contributed by atoms with Gasteiger partial charge < -0.3 is 19.4 Å². The van der Waals surface area contributed by atoms with Gasteiger partial charge in [-0.15, -0.1) is 0 Å². The van der Waals surface area contributed by atoms with Crippen LogP contribution in [-0.2, 0) is 11.3 Å². The fourth-order valence-corrected chi connectivity index (χ4v) is 3.09. The first-order valence-corrected chi connectivity index (χ1v) is 7.54. The summed E-state index contributed by atoms with van der Waals surface area (Å²) in [6, 6.07) is 10.9. The minimum absolute atomic E-state index is 0.00220. The van der Waals surface area contributed by atoms with Gasteiger partial charge in [0.1, 0.15) is 6.61 Å². The molecule has 2 aliphatic heterocycles. The zero-order valence-corrected chi connectivity index (χ0v) is 12.4. The van der Waals surface area contributed by atoms with E-state index in [1.807, 2.05) is 30.3 Å². The van der Waals surface area contributed by atoms with E-state index in [9.17, 15) is 9.59 Å². The van der Waals surface area contributed by atoms with Crippen LogP contribution in [0.1, 0.15) is 22.1 Å². The van der Waals surface area contributed by atoms with Crippen molar-refractivity contribution in [3.63, 3.8) is 0 Å². The molecule has 23 heavy (non-hydrogen) atoms. The fraction of sp³-hybridized carbons (Fsp3) is 0.294. The normalized spacial score (nSPS) is 22.2. The van der Waals surface area contributed by atoms with Crippen LogP contribution < -0.4 is 15.5 Å². The predicted octanol–water partition coefficient (Wildman–Crippen LogP) is 1.11. The molecule has 1 saturated heterocycles. The van der Waals surface area contributed by atoms with Gasteiger partial charge in [0.25, 0.3) is 5.91 Å². The Labute approximate surface area is 132 Å². The molecule has 1 aromatic carbocycles. The second-order valence-electron chi connectivity index (χ2n) is 5.72. The third kappa shape index (κ3) is 2.41. The van der Waals surface area contributed by atoms with Gasteiger partial charge >= 0.3 is 0 Å². The molecule has 1 fully saturated rings. The Balaban J connectivity index is 1.71. The average molecular weight is 312 g/mol. The summed E-state index contributed by atoms with van der Waals surface area (Å²) in [6.07, 6.45) is 1.65. The molecule has 1 unspecified atom stereocenters. The molecular formula is C17H16N2O4. The highest BCUT2D eigenvalue weighted by atomic mass is 16.5. The van der Waals surface area contributed by atoms with Crippen LogP contribution in [0, 0.1) is 0 Å². The fourth-order valence-electron chi connectivity index (χ4n) is 3.09. The number of nitrogens with one attached hydrogen (secondary N) is 1. The third-order valence-electron chi connectivity index (χ3n) is 4.25. The van der Waals surface area contributed by atoms with Gasteiger partial charge in [-0.05, 0) is 5.56 Å². The maximum atomic E-state index is 12.4. The van der Waals surface area contributed by atoms with Crippen molar-refractivity contribution < 1.29 is 14.3 Å². The van der Waals surface area contributed by atoms with Crippen LogP contribution in [-0.4, -0.2) is 29.7 Å². The summed E-state index contributed by atoms with van der Waals surface area (Å²) in [4.78, 5) is 24.6. The molecule has 1 N–H and O–H groups in total. The third-order valence-corrected chi connectivity index (χ3v) is 4.25. The molecular weight excluding hydrogens is 296 g/mol. The van der Waals surface area contributed by atoms with Crippen molar-refractivity contribution in [3.8, 4) is 5.75 Å². The predicted molar refractivity (Wildman–Crippen MR) is 82.6 cm³/mol. The molecule has 0 radical (unpaired) electrons. The zero-order valence-electron chi connectivity index (χ0n) is 12.4. The first kappa shape index (κ1) is 14.0. The smallest absolute Gasteiger partial charge is 0.272 e. The van der Waals surface area contributed by atoms with Crippen LogP contribution in [0.25, 0.3) is 0 Å². The van der Waals surface area contributed by atoms with Crippen molar-refractivity contribution in [1.29, 1.82) is 0 Å². The van der Waals surface area contributed by atoms with E-state index >= 15 is 0 Å². The molecule has 6 nitrogen and oxygen atoms in total. The first-order valence-electron chi connectivity index (χ1n) is 7.54. The summed E-state index contributed by atoms with van der Waals surface area (Å²) in [7, 11) is 0. The molecule has 0 bridgehead atoms. The molecule has 4 rings (SSSR count). The van der Waals surface area contributed by atoms with Crippen LogP contribution in [0.2, 0.25) is 0 Å². The molecule has 6 heteroatoms. The summed E-state index contributed by atoms with van der Waals surface area (Å²) >= 11 is 0. The average Bonchev–Trinajstić information content (AvgIpc) is 3.03. The second kappa shape index (κ2) is 5.55. The molecule has 0 saturated carbocycles. The van der Waals surface area contributed by atoms with Crippen LogP contribution in [0.3, 0.4) is 0 Å². The monoisotopic (exact) mass is 312 g/mol. The van der Waals surface area contributed by atoms with E-state index in [0.29, 0.717) is 13.2 Å². The minimum atomic E-state index is -0.294. The van der Waals surface area contributed by atoms with Gasteiger partial charge in [0.2, 0.25) is 5.43 Å². The van der Waals surface area contributed by atoms with E-state index in [-0.39, 0.29) is 41.5 Å². The van der Waals surface area contributed by atoms with Crippen molar-refractivity contribution in [3.05, 3.63) is 64.1 Å². The Hall–Kier alpha value is -2.60. The Morgan fingerprint density at radius 2 is 2.00 bits per heavy atom. The molecule has 1 aromatic heterocycles. The van der Waals surface area contributed by atoms with Gasteiger partial charge in [-0.1, -0.05) is 30.3 Å². The highest BCUT2D eigenvalue weighted by Gasteiger charge is 2.39. The Bertz CT molecular complexity index is 800.